The van der Waals surface area contributed by atoms with E-state index in [0.29, 0.717) is 27.8 Å². The zero-order valence-corrected chi connectivity index (χ0v) is 23.9. The molecule has 198 valence electrons. The van der Waals surface area contributed by atoms with Gasteiger partial charge in [-0.3, -0.25) is 15.6 Å². The van der Waals surface area contributed by atoms with E-state index in [1.165, 1.54) is 31.0 Å². The summed E-state index contributed by atoms with van der Waals surface area (Å²) < 4.78 is 25.9. The van der Waals surface area contributed by atoms with Gasteiger partial charge >= 0.3 is 0 Å². The summed E-state index contributed by atoms with van der Waals surface area (Å²) in [6, 6.07) is 7.96. The molecule has 0 radical (unpaired) electrons. The maximum atomic E-state index is 14.5. The Balaban J connectivity index is 1.80. The zero-order valence-electron chi connectivity index (χ0n) is 22.1. The molecule has 0 aliphatic carbocycles. The average Bonchev–Trinajstić information content (AvgIpc) is 2.87. The predicted molar refractivity (Wildman–Crippen MR) is 145 cm³/mol. The van der Waals surface area contributed by atoms with Crippen LogP contribution in [0.4, 0.5) is 10.2 Å². The third-order valence-electron chi connectivity index (χ3n) is 6.39. The number of aromatic nitrogens is 4. The molecule has 9 nitrogen and oxygen atoms in total. The average molecular weight is 545 g/mol. The number of carbonyl (C=O) groups is 1. The third-order valence-corrected chi connectivity index (χ3v) is 11.5. The lowest BCUT2D eigenvalue weighted by Crippen LogP contribution is -2.44. The van der Waals surface area contributed by atoms with E-state index in [2.05, 4.69) is 64.9 Å². The molecule has 1 amide bonds. The Morgan fingerprint density at radius 1 is 1.22 bits per heavy atom. The van der Waals surface area contributed by atoms with Crippen LogP contribution in [0.1, 0.15) is 32.3 Å². The molecular weight excluding hydrogens is 511 g/mol. The summed E-state index contributed by atoms with van der Waals surface area (Å²) in [6.45, 7) is 10.7. The monoisotopic (exact) mass is 544 g/mol. The van der Waals surface area contributed by atoms with Crippen molar-refractivity contribution in [2.75, 3.05) is 25.4 Å². The maximum Gasteiger partial charge on any atom is 0.248 e. The number of nitrogens with one attached hydrogen (secondary N) is 2. The summed E-state index contributed by atoms with van der Waals surface area (Å²) >= 11 is 1.43. The van der Waals surface area contributed by atoms with Crippen LogP contribution >= 0.6 is 11.8 Å². The molecule has 0 aliphatic heterocycles. The van der Waals surface area contributed by atoms with Crippen LogP contribution < -0.4 is 15.6 Å². The van der Waals surface area contributed by atoms with Crippen LogP contribution in [0.25, 0.3) is 11.3 Å². The van der Waals surface area contributed by atoms with E-state index in [1.807, 2.05) is 6.26 Å². The number of hydrogen-bond acceptors (Lipinski definition) is 9. The second kappa shape index (κ2) is 12.0. The normalized spacial score (nSPS) is 12.6. The summed E-state index contributed by atoms with van der Waals surface area (Å²) in [5.41, 5.74) is 7.35. The van der Waals surface area contributed by atoms with Crippen LogP contribution in [0.2, 0.25) is 18.1 Å². The summed E-state index contributed by atoms with van der Waals surface area (Å²) in [5, 5.41) is 8.63. The molecule has 1 aromatic carbocycles. The number of nitrogens with zero attached hydrogens (tertiary/aromatic N) is 4. The van der Waals surface area contributed by atoms with Gasteiger partial charge in [-0.15, -0.1) is 5.10 Å². The van der Waals surface area contributed by atoms with Crippen molar-refractivity contribution in [1.29, 1.82) is 0 Å². The Morgan fingerprint density at radius 2 is 1.97 bits per heavy atom. The fourth-order valence-corrected chi connectivity index (χ4v) is 4.48. The van der Waals surface area contributed by atoms with Crippen LogP contribution in [0.3, 0.4) is 0 Å². The molecular formula is C25H33FN6O3SSi. The first kappa shape index (κ1) is 28.5. The third kappa shape index (κ3) is 7.24. The van der Waals surface area contributed by atoms with Gasteiger partial charge in [-0.2, -0.15) is 5.10 Å². The van der Waals surface area contributed by atoms with Crippen LogP contribution in [0.15, 0.2) is 47.9 Å². The lowest BCUT2D eigenvalue weighted by molar-refractivity contribution is -0.122. The minimum atomic E-state index is -2.17. The number of halogens is 1. The molecule has 3 rings (SSSR count). The molecule has 0 spiro atoms. The van der Waals surface area contributed by atoms with Gasteiger partial charge in [0.15, 0.2) is 30.9 Å². The Bertz CT molecular complexity index is 1240. The van der Waals surface area contributed by atoms with E-state index in [9.17, 15) is 9.18 Å². The molecule has 2 N–H and O–H groups in total. The first-order valence-electron chi connectivity index (χ1n) is 11.7. The van der Waals surface area contributed by atoms with Crippen LogP contribution in [-0.4, -0.2) is 54.4 Å². The van der Waals surface area contributed by atoms with E-state index in [-0.39, 0.29) is 17.4 Å². The van der Waals surface area contributed by atoms with Gasteiger partial charge in [-0.1, -0.05) is 38.6 Å². The molecule has 12 heteroatoms. The lowest BCUT2D eigenvalue weighted by Gasteiger charge is -2.37. The number of hydrazine groups is 1. The smallest absolute Gasteiger partial charge is 0.248 e. The summed E-state index contributed by atoms with van der Waals surface area (Å²) in [5.74, 6) is -1.30. The van der Waals surface area contributed by atoms with Gasteiger partial charge in [-0.25, -0.2) is 14.4 Å². The topological polar surface area (TPSA) is 111 Å². The van der Waals surface area contributed by atoms with Crippen molar-refractivity contribution in [3.8, 4) is 17.0 Å². The second-order valence-corrected chi connectivity index (χ2v) is 15.5. The largest absolute Gasteiger partial charge is 0.494 e. The van der Waals surface area contributed by atoms with Crippen LogP contribution in [0.5, 0.6) is 5.75 Å². The molecule has 3 aromatic rings. The Morgan fingerprint density at radius 3 is 2.62 bits per heavy atom. The number of hydrogen-bond donors (Lipinski definition) is 2. The lowest BCUT2D eigenvalue weighted by atomic mass is 9.99. The molecule has 0 unspecified atom stereocenters. The first-order valence-corrected chi connectivity index (χ1v) is 15.8. The van der Waals surface area contributed by atoms with Gasteiger partial charge in [0, 0.05) is 18.4 Å². The number of benzene rings is 1. The molecule has 0 aliphatic rings. The molecule has 1 atom stereocenters. The predicted octanol–water partition coefficient (Wildman–Crippen LogP) is 5.05. The number of amides is 1. The van der Waals surface area contributed by atoms with Crippen molar-refractivity contribution >= 4 is 31.8 Å². The maximum absolute atomic E-state index is 14.5. The Kier molecular flexibility index (Phi) is 9.21. The van der Waals surface area contributed by atoms with Crippen molar-refractivity contribution in [3.63, 3.8) is 0 Å². The van der Waals surface area contributed by atoms with Crippen LogP contribution in [-0.2, 0) is 9.22 Å². The molecule has 0 bridgehead atoms. The summed E-state index contributed by atoms with van der Waals surface area (Å²) in [6.07, 6.45) is 5.15. The second-order valence-electron chi connectivity index (χ2n) is 9.89. The number of rotatable bonds is 10. The van der Waals surface area contributed by atoms with Crippen molar-refractivity contribution in [3.05, 3.63) is 54.1 Å². The molecule has 2 aromatic heterocycles. The van der Waals surface area contributed by atoms with Gasteiger partial charge in [0.2, 0.25) is 5.91 Å². The minimum absolute atomic E-state index is 0.0510. The van der Waals surface area contributed by atoms with Crippen molar-refractivity contribution in [2.45, 2.75) is 50.0 Å². The number of anilines is 1. The number of thioether (sulfide) groups is 1. The molecule has 2 heterocycles. The van der Waals surface area contributed by atoms with E-state index in [1.54, 1.807) is 30.6 Å². The Hall–Kier alpha value is -3.09. The first-order chi connectivity index (χ1) is 17.4. The van der Waals surface area contributed by atoms with E-state index < -0.39 is 26.0 Å². The fraction of sp³-hybridized carbons (Fsp3) is 0.400. The fourth-order valence-electron chi connectivity index (χ4n) is 3.11. The number of methoxy groups -OCH3 is 1. The van der Waals surface area contributed by atoms with Gasteiger partial charge < -0.3 is 9.16 Å². The zero-order chi connectivity index (χ0) is 27.2. The highest BCUT2D eigenvalue weighted by Gasteiger charge is 2.38. The number of carbonyl (C=O) groups excluding carboxylic acids is 1. The van der Waals surface area contributed by atoms with E-state index in [0.717, 1.165) is 0 Å². The van der Waals surface area contributed by atoms with E-state index >= 15 is 0 Å². The van der Waals surface area contributed by atoms with Crippen LogP contribution in [0, 0.1) is 5.82 Å². The SMILES string of the molecule is COc1ccc([C@@H](CO[Si](C)(C)C(C)(C)C)C(=O)NNc2cc(-c3ccnc(SC)n3)cnn2)cc1F. The quantitative estimate of drug-likeness (QED) is 0.157. The molecule has 37 heavy (non-hydrogen) atoms. The van der Waals surface area contributed by atoms with Crippen molar-refractivity contribution in [2.24, 2.45) is 0 Å². The summed E-state index contributed by atoms with van der Waals surface area (Å²) in [4.78, 5) is 22.0. The van der Waals surface area contributed by atoms with Gasteiger partial charge in [0.05, 0.1) is 24.9 Å². The number of ether oxygens (including phenoxy) is 1. The van der Waals surface area contributed by atoms with Crippen molar-refractivity contribution < 1.29 is 18.3 Å². The highest BCUT2D eigenvalue weighted by Crippen LogP contribution is 2.37. The van der Waals surface area contributed by atoms with Gasteiger partial charge in [0.25, 0.3) is 0 Å². The highest BCUT2D eigenvalue weighted by molar-refractivity contribution is 7.98. The van der Waals surface area contributed by atoms with Gasteiger partial charge in [-0.05, 0) is 54.2 Å². The minimum Gasteiger partial charge on any atom is -0.494 e. The molecule has 0 saturated carbocycles. The highest BCUT2D eigenvalue weighted by atomic mass is 32.2. The Labute approximate surface area is 222 Å². The van der Waals surface area contributed by atoms with Gasteiger partial charge in [0.1, 0.15) is 0 Å². The summed E-state index contributed by atoms with van der Waals surface area (Å²) in [7, 11) is -0.778. The molecule has 0 saturated heterocycles. The van der Waals surface area contributed by atoms with Crippen molar-refractivity contribution in [1.82, 2.24) is 25.6 Å². The van der Waals surface area contributed by atoms with E-state index in [4.69, 9.17) is 9.16 Å². The molecule has 0 fully saturated rings. The standard InChI is InChI=1S/C25H33FN6O3SSi/c1-25(2,3)37(6,7)35-15-18(16-8-9-21(34-4)19(26)12-16)23(33)32-31-22-13-17(14-28-30-22)20-10-11-27-24(29-20)36-5/h8-14,18H,15H2,1-7H3,(H,30,31)(H,32,33)/t18-/m1/s1.